The van der Waals surface area contributed by atoms with E-state index in [1.54, 1.807) is 4.90 Å². The molecule has 1 saturated heterocycles. The summed E-state index contributed by atoms with van der Waals surface area (Å²) in [6.45, 7) is 0.699. The predicted molar refractivity (Wildman–Crippen MR) is 95.4 cm³/mol. The van der Waals surface area contributed by atoms with Gasteiger partial charge >= 0.3 is 12.4 Å². The molecular formula is C18H17F6N5O2. The molecular weight excluding hydrogens is 432 g/mol. The van der Waals surface area contributed by atoms with Crippen LogP contribution in [0.25, 0.3) is 0 Å². The van der Waals surface area contributed by atoms with Gasteiger partial charge in [-0.1, -0.05) is 0 Å². The average Bonchev–Trinajstić information content (AvgIpc) is 3.10. The molecule has 2 aromatic rings. The van der Waals surface area contributed by atoms with E-state index >= 15 is 0 Å². The molecule has 2 aliphatic rings. The third kappa shape index (κ3) is 3.93. The van der Waals surface area contributed by atoms with Crippen LogP contribution in [-0.2, 0) is 11.0 Å². The second-order valence-electron chi connectivity index (χ2n) is 7.52. The number of alkyl halides is 6. The lowest BCUT2D eigenvalue weighted by Gasteiger charge is -2.34. The van der Waals surface area contributed by atoms with Crippen molar-refractivity contribution in [3.05, 3.63) is 35.2 Å². The van der Waals surface area contributed by atoms with E-state index in [1.807, 2.05) is 0 Å². The summed E-state index contributed by atoms with van der Waals surface area (Å²) in [6, 6.07) is 2.18. The highest BCUT2D eigenvalue weighted by molar-refractivity contribution is 5.97. The molecule has 168 valence electrons. The molecule has 0 saturated carbocycles. The summed E-state index contributed by atoms with van der Waals surface area (Å²) in [6.07, 6.45) is -10.1. The van der Waals surface area contributed by atoms with Gasteiger partial charge in [-0.15, -0.1) is 0 Å². The first-order valence-corrected chi connectivity index (χ1v) is 9.39. The number of nitrogens with zero attached hydrogens (tertiary/aromatic N) is 3. The van der Waals surface area contributed by atoms with Crippen molar-refractivity contribution < 1.29 is 36.2 Å². The molecule has 2 atom stereocenters. The standard InChI is InChI=1S/C18H17F6N5O2/c19-17(20,21)9-1-2-10(25-7-9)29-5-3-8(4-6-29)13-11-12(18(22,23)24)14(30)16(31)26-15(11)28-27-13/h1-2,7-8,12,14,30H,3-6H2,(H2,26,27,28,31)/t12-,14-/m1/s1. The maximum atomic E-state index is 13.6. The lowest BCUT2D eigenvalue weighted by Crippen LogP contribution is -2.44. The Balaban J connectivity index is 1.52. The fourth-order valence-electron chi connectivity index (χ4n) is 4.07. The monoisotopic (exact) mass is 449 g/mol. The fourth-order valence-corrected chi connectivity index (χ4v) is 4.07. The molecule has 0 bridgehead atoms. The van der Waals surface area contributed by atoms with Gasteiger partial charge in [0.15, 0.2) is 5.82 Å². The van der Waals surface area contributed by atoms with Crippen LogP contribution in [0.15, 0.2) is 18.3 Å². The highest BCUT2D eigenvalue weighted by atomic mass is 19.4. The number of aromatic nitrogens is 3. The van der Waals surface area contributed by atoms with E-state index in [1.165, 1.54) is 6.07 Å². The van der Waals surface area contributed by atoms with Gasteiger partial charge in [0, 0.05) is 36.5 Å². The third-order valence-corrected chi connectivity index (χ3v) is 5.63. The zero-order chi connectivity index (χ0) is 22.6. The number of aliphatic hydroxyl groups is 1. The molecule has 13 heteroatoms. The van der Waals surface area contributed by atoms with Gasteiger partial charge in [-0.25, -0.2) is 4.98 Å². The molecule has 1 amide bonds. The number of amides is 1. The van der Waals surface area contributed by atoms with Gasteiger partial charge in [0.2, 0.25) is 0 Å². The van der Waals surface area contributed by atoms with Crippen LogP contribution >= 0.6 is 0 Å². The van der Waals surface area contributed by atoms with Gasteiger partial charge < -0.3 is 15.3 Å². The molecule has 0 unspecified atom stereocenters. The average molecular weight is 449 g/mol. The molecule has 0 aliphatic carbocycles. The number of hydrogen-bond acceptors (Lipinski definition) is 5. The highest BCUT2D eigenvalue weighted by Gasteiger charge is 2.53. The summed E-state index contributed by atoms with van der Waals surface area (Å²) >= 11 is 0. The second-order valence-corrected chi connectivity index (χ2v) is 7.52. The number of H-pyrrole nitrogens is 1. The maximum Gasteiger partial charge on any atom is 0.417 e. The molecule has 0 radical (unpaired) electrons. The number of halogens is 6. The Kier molecular flexibility index (Phi) is 5.10. The summed E-state index contributed by atoms with van der Waals surface area (Å²) < 4.78 is 78.8. The summed E-state index contributed by atoms with van der Waals surface area (Å²) in [5.74, 6) is -3.84. The van der Waals surface area contributed by atoms with Crippen LogP contribution in [-0.4, -0.2) is 51.6 Å². The van der Waals surface area contributed by atoms with Gasteiger partial charge in [0.05, 0.1) is 5.56 Å². The van der Waals surface area contributed by atoms with Gasteiger partial charge in [0.25, 0.3) is 5.91 Å². The summed E-state index contributed by atoms with van der Waals surface area (Å²) in [5, 5.41) is 18.4. The number of piperidine rings is 1. The van der Waals surface area contributed by atoms with Gasteiger partial charge in [-0.3, -0.25) is 9.89 Å². The lowest BCUT2D eigenvalue weighted by atomic mass is 9.83. The Morgan fingerprint density at radius 2 is 1.77 bits per heavy atom. The van der Waals surface area contributed by atoms with Crippen molar-refractivity contribution in [2.45, 2.75) is 43.1 Å². The van der Waals surface area contributed by atoms with Crippen molar-refractivity contribution in [3.8, 4) is 0 Å². The van der Waals surface area contributed by atoms with Crippen LogP contribution in [0.1, 0.15) is 41.5 Å². The van der Waals surface area contributed by atoms with E-state index in [9.17, 15) is 36.2 Å². The van der Waals surface area contributed by atoms with Crippen molar-refractivity contribution in [2.75, 3.05) is 23.3 Å². The number of aliphatic hydroxyl groups excluding tert-OH is 1. The van der Waals surface area contributed by atoms with Crippen molar-refractivity contribution in [1.29, 1.82) is 0 Å². The largest absolute Gasteiger partial charge is 0.417 e. The Morgan fingerprint density at radius 3 is 2.32 bits per heavy atom. The quantitative estimate of drug-likeness (QED) is 0.613. The van der Waals surface area contributed by atoms with Crippen molar-refractivity contribution >= 4 is 17.5 Å². The minimum absolute atomic E-state index is 0.191. The topological polar surface area (TPSA) is 94.1 Å². The van der Waals surface area contributed by atoms with Crippen molar-refractivity contribution in [1.82, 2.24) is 15.2 Å². The normalized spacial score (nSPS) is 22.9. The summed E-state index contributed by atoms with van der Waals surface area (Å²) in [5.41, 5.74) is -0.948. The molecule has 31 heavy (non-hydrogen) atoms. The number of pyridine rings is 1. The first-order chi connectivity index (χ1) is 14.5. The Hall–Kier alpha value is -2.83. The smallest absolute Gasteiger partial charge is 0.382 e. The zero-order valence-electron chi connectivity index (χ0n) is 15.8. The molecule has 0 spiro atoms. The predicted octanol–water partition coefficient (Wildman–Crippen LogP) is 3.17. The van der Waals surface area contributed by atoms with Gasteiger partial charge in [-0.05, 0) is 25.0 Å². The van der Waals surface area contributed by atoms with Crippen LogP contribution in [0.5, 0.6) is 0 Å². The van der Waals surface area contributed by atoms with Crippen LogP contribution in [0, 0.1) is 0 Å². The van der Waals surface area contributed by atoms with Crippen molar-refractivity contribution in [2.24, 2.45) is 0 Å². The first kappa shape index (κ1) is 21.4. The molecule has 4 heterocycles. The van der Waals surface area contributed by atoms with E-state index in [2.05, 4.69) is 20.5 Å². The molecule has 2 aromatic heterocycles. The zero-order valence-corrected chi connectivity index (χ0v) is 15.8. The number of carbonyl (C=O) groups is 1. The van der Waals surface area contributed by atoms with E-state index < -0.39 is 35.8 Å². The summed E-state index contributed by atoms with van der Waals surface area (Å²) in [4.78, 5) is 17.3. The van der Waals surface area contributed by atoms with Crippen LogP contribution in [0.3, 0.4) is 0 Å². The Labute approximate surface area is 171 Å². The number of fused-ring (bicyclic) bond motifs is 1. The van der Waals surface area contributed by atoms with Crippen LogP contribution in [0.2, 0.25) is 0 Å². The molecule has 7 nitrogen and oxygen atoms in total. The fraction of sp³-hybridized carbons (Fsp3) is 0.500. The number of nitrogens with one attached hydrogen (secondary N) is 2. The molecule has 2 aliphatic heterocycles. The Bertz CT molecular complexity index is 963. The number of anilines is 2. The number of hydrogen-bond donors (Lipinski definition) is 3. The van der Waals surface area contributed by atoms with Crippen LogP contribution < -0.4 is 10.2 Å². The molecule has 3 N–H and O–H groups in total. The number of rotatable bonds is 2. The third-order valence-electron chi connectivity index (χ3n) is 5.63. The highest BCUT2D eigenvalue weighted by Crippen LogP contribution is 2.47. The maximum absolute atomic E-state index is 13.6. The van der Waals surface area contributed by atoms with E-state index in [4.69, 9.17) is 0 Å². The minimum Gasteiger partial charge on any atom is -0.382 e. The molecule has 4 rings (SSSR count). The van der Waals surface area contributed by atoms with Crippen molar-refractivity contribution in [3.63, 3.8) is 0 Å². The minimum atomic E-state index is -4.85. The molecule has 0 aromatic carbocycles. The lowest BCUT2D eigenvalue weighted by molar-refractivity contribution is -0.177. The Morgan fingerprint density at radius 1 is 1.10 bits per heavy atom. The van der Waals surface area contributed by atoms with E-state index in [-0.39, 0.29) is 23.0 Å². The van der Waals surface area contributed by atoms with Gasteiger partial charge in [0.1, 0.15) is 17.8 Å². The molecule has 1 fully saturated rings. The number of carbonyl (C=O) groups excluding carboxylic acids is 1. The van der Waals surface area contributed by atoms with Crippen LogP contribution in [0.4, 0.5) is 38.0 Å². The van der Waals surface area contributed by atoms with Gasteiger partial charge in [-0.2, -0.15) is 31.4 Å². The number of aromatic amines is 1. The summed E-state index contributed by atoms with van der Waals surface area (Å²) in [7, 11) is 0. The SMILES string of the molecule is O=C1Nc2n[nH]c(C3CCN(c4ccc(C(F)(F)F)cn4)CC3)c2[C@@H](C(F)(F)F)[C@H]1O. The first-order valence-electron chi connectivity index (χ1n) is 9.39. The van der Waals surface area contributed by atoms with E-state index in [0.29, 0.717) is 31.7 Å². The second kappa shape index (κ2) is 7.39. The van der Waals surface area contributed by atoms with E-state index in [0.717, 1.165) is 12.3 Å².